The number of hydrogen-bond acceptors (Lipinski definition) is 0. The van der Waals surface area contributed by atoms with E-state index in [1.807, 2.05) is 0 Å². The Morgan fingerprint density at radius 3 is 2.29 bits per heavy atom. The average Bonchev–Trinajstić information content (AvgIpc) is 2.01. The molecule has 0 saturated heterocycles. The number of halogens is 1. The largest absolute Gasteiger partial charge is 0.0885 e. The van der Waals surface area contributed by atoms with Crippen LogP contribution in [-0.2, 0) is 0 Å². The van der Waals surface area contributed by atoms with Gasteiger partial charge < -0.3 is 0 Å². The van der Waals surface area contributed by atoms with Gasteiger partial charge in [-0.25, -0.2) is 0 Å². The molecule has 3 unspecified atom stereocenters. The SMILES string of the molecule is CC(C)C(Br)C1CCC(C)(C)CC1C. The third kappa shape index (κ3) is 2.98. The van der Waals surface area contributed by atoms with E-state index in [0.717, 1.165) is 17.8 Å². The van der Waals surface area contributed by atoms with Crippen LogP contribution in [0, 0.1) is 23.2 Å². The maximum atomic E-state index is 3.88. The smallest absolute Gasteiger partial charge is 0.0199 e. The first-order valence-corrected chi connectivity index (χ1v) is 6.89. The van der Waals surface area contributed by atoms with Crippen molar-refractivity contribution >= 4 is 15.9 Å². The third-order valence-electron chi connectivity index (χ3n) is 3.81. The molecule has 14 heavy (non-hydrogen) atoms. The minimum absolute atomic E-state index is 0.583. The molecule has 3 atom stereocenters. The van der Waals surface area contributed by atoms with Gasteiger partial charge in [0.25, 0.3) is 0 Å². The van der Waals surface area contributed by atoms with E-state index < -0.39 is 0 Å². The van der Waals surface area contributed by atoms with E-state index in [-0.39, 0.29) is 0 Å². The Bertz CT molecular complexity index is 184. The van der Waals surface area contributed by atoms with Crippen molar-refractivity contribution in [1.82, 2.24) is 0 Å². The van der Waals surface area contributed by atoms with E-state index in [1.54, 1.807) is 0 Å². The minimum atomic E-state index is 0.583. The van der Waals surface area contributed by atoms with E-state index in [2.05, 4.69) is 50.5 Å². The fourth-order valence-electron chi connectivity index (χ4n) is 2.93. The molecule has 0 aromatic heterocycles. The van der Waals surface area contributed by atoms with Crippen LogP contribution in [0.1, 0.15) is 53.9 Å². The van der Waals surface area contributed by atoms with Gasteiger partial charge in [0, 0.05) is 4.83 Å². The highest BCUT2D eigenvalue weighted by atomic mass is 79.9. The second-order valence-corrected chi connectivity index (χ2v) is 7.29. The molecule has 0 heterocycles. The molecule has 0 radical (unpaired) electrons. The molecule has 1 rings (SSSR count). The lowest BCUT2D eigenvalue weighted by Crippen LogP contribution is -2.34. The first-order chi connectivity index (χ1) is 6.33. The molecule has 0 aromatic carbocycles. The van der Waals surface area contributed by atoms with Crippen LogP contribution >= 0.6 is 15.9 Å². The predicted octanol–water partition coefficient (Wildman–Crippen LogP) is 4.87. The van der Waals surface area contributed by atoms with Crippen LogP contribution in [0.15, 0.2) is 0 Å². The molecule has 84 valence electrons. The van der Waals surface area contributed by atoms with Crippen LogP contribution in [0.3, 0.4) is 0 Å². The van der Waals surface area contributed by atoms with E-state index >= 15 is 0 Å². The van der Waals surface area contributed by atoms with Crippen molar-refractivity contribution in [2.45, 2.75) is 58.7 Å². The van der Waals surface area contributed by atoms with Gasteiger partial charge in [-0.2, -0.15) is 0 Å². The highest BCUT2D eigenvalue weighted by Crippen LogP contribution is 2.45. The Morgan fingerprint density at radius 2 is 1.86 bits per heavy atom. The summed E-state index contributed by atoms with van der Waals surface area (Å²) >= 11 is 3.88. The predicted molar refractivity (Wildman–Crippen MR) is 67.8 cm³/mol. The molecule has 0 nitrogen and oxygen atoms in total. The Hall–Kier alpha value is 0.480. The van der Waals surface area contributed by atoms with Gasteiger partial charge in [0.15, 0.2) is 0 Å². The number of alkyl halides is 1. The van der Waals surface area contributed by atoms with Gasteiger partial charge >= 0.3 is 0 Å². The van der Waals surface area contributed by atoms with Crippen molar-refractivity contribution < 1.29 is 0 Å². The van der Waals surface area contributed by atoms with Crippen molar-refractivity contribution in [1.29, 1.82) is 0 Å². The standard InChI is InChI=1S/C13H25Br/c1-9(2)12(14)11-6-7-13(4,5)8-10(11)3/h9-12H,6-8H2,1-5H3. The second kappa shape index (κ2) is 4.55. The van der Waals surface area contributed by atoms with Crippen LogP contribution < -0.4 is 0 Å². The molecule has 0 aliphatic heterocycles. The van der Waals surface area contributed by atoms with Gasteiger partial charge in [0.1, 0.15) is 0 Å². The molecule has 1 aliphatic carbocycles. The normalized spacial score (nSPS) is 34.5. The fraction of sp³-hybridized carbons (Fsp3) is 1.00. The molecular weight excluding hydrogens is 236 g/mol. The van der Waals surface area contributed by atoms with Crippen molar-refractivity contribution in [2.75, 3.05) is 0 Å². The first kappa shape index (κ1) is 12.5. The van der Waals surface area contributed by atoms with Crippen LogP contribution in [0.2, 0.25) is 0 Å². The summed E-state index contributed by atoms with van der Waals surface area (Å²) in [6.07, 6.45) is 4.20. The van der Waals surface area contributed by atoms with Crippen LogP contribution in [0.4, 0.5) is 0 Å². The van der Waals surface area contributed by atoms with Crippen LogP contribution in [0.5, 0.6) is 0 Å². The van der Waals surface area contributed by atoms with E-state index in [0.29, 0.717) is 10.2 Å². The fourth-order valence-corrected chi connectivity index (χ4v) is 3.72. The Morgan fingerprint density at radius 1 is 1.29 bits per heavy atom. The third-order valence-corrected chi connectivity index (χ3v) is 5.54. The van der Waals surface area contributed by atoms with E-state index in [1.165, 1.54) is 19.3 Å². The number of hydrogen-bond donors (Lipinski definition) is 0. The van der Waals surface area contributed by atoms with Crippen LogP contribution in [-0.4, -0.2) is 4.83 Å². The van der Waals surface area contributed by atoms with E-state index in [9.17, 15) is 0 Å². The van der Waals surface area contributed by atoms with E-state index in [4.69, 9.17) is 0 Å². The lowest BCUT2D eigenvalue weighted by molar-refractivity contribution is 0.120. The highest BCUT2D eigenvalue weighted by Gasteiger charge is 2.36. The summed E-state index contributed by atoms with van der Waals surface area (Å²) in [5, 5.41) is 0. The summed E-state index contributed by atoms with van der Waals surface area (Å²) in [7, 11) is 0. The van der Waals surface area contributed by atoms with Gasteiger partial charge in [-0.05, 0) is 42.4 Å². The topological polar surface area (TPSA) is 0 Å². The van der Waals surface area contributed by atoms with Gasteiger partial charge in [-0.1, -0.05) is 50.5 Å². The lowest BCUT2D eigenvalue weighted by atomic mass is 9.66. The number of rotatable bonds is 2. The lowest BCUT2D eigenvalue weighted by Gasteiger charge is -2.42. The molecule has 1 aliphatic rings. The van der Waals surface area contributed by atoms with Gasteiger partial charge in [-0.3, -0.25) is 0 Å². The summed E-state index contributed by atoms with van der Waals surface area (Å²) in [5.74, 6) is 2.54. The zero-order valence-corrected chi connectivity index (χ0v) is 11.9. The Balaban J connectivity index is 2.58. The summed E-state index contributed by atoms with van der Waals surface area (Å²) in [6, 6.07) is 0. The summed E-state index contributed by atoms with van der Waals surface area (Å²) in [6.45, 7) is 11.9. The van der Waals surface area contributed by atoms with Gasteiger partial charge in [-0.15, -0.1) is 0 Å². The minimum Gasteiger partial charge on any atom is -0.0885 e. The van der Waals surface area contributed by atoms with Gasteiger partial charge in [0.05, 0.1) is 0 Å². The van der Waals surface area contributed by atoms with Crippen molar-refractivity contribution in [2.24, 2.45) is 23.2 Å². The molecule has 0 N–H and O–H groups in total. The quantitative estimate of drug-likeness (QED) is 0.622. The van der Waals surface area contributed by atoms with Crippen LogP contribution in [0.25, 0.3) is 0 Å². The summed E-state index contributed by atoms with van der Waals surface area (Å²) < 4.78 is 0. The first-order valence-electron chi connectivity index (χ1n) is 5.97. The molecule has 0 amide bonds. The maximum Gasteiger partial charge on any atom is 0.0199 e. The highest BCUT2D eigenvalue weighted by molar-refractivity contribution is 9.09. The molecule has 1 fully saturated rings. The maximum absolute atomic E-state index is 3.88. The van der Waals surface area contributed by atoms with Crippen molar-refractivity contribution in [3.8, 4) is 0 Å². The monoisotopic (exact) mass is 260 g/mol. The molecule has 0 bridgehead atoms. The molecule has 1 heteroatoms. The zero-order valence-electron chi connectivity index (χ0n) is 10.3. The Kier molecular flexibility index (Phi) is 4.08. The molecule has 0 aromatic rings. The van der Waals surface area contributed by atoms with Crippen molar-refractivity contribution in [3.05, 3.63) is 0 Å². The van der Waals surface area contributed by atoms with Gasteiger partial charge in [0.2, 0.25) is 0 Å². The van der Waals surface area contributed by atoms with Crippen molar-refractivity contribution in [3.63, 3.8) is 0 Å². The molecule has 0 spiro atoms. The zero-order chi connectivity index (χ0) is 10.9. The summed E-state index contributed by atoms with van der Waals surface area (Å²) in [5.41, 5.74) is 0.583. The molecular formula is C13H25Br. The Labute approximate surface area is 98.0 Å². The summed E-state index contributed by atoms with van der Waals surface area (Å²) in [4.78, 5) is 0.716. The molecule has 1 saturated carbocycles. The second-order valence-electron chi connectivity index (χ2n) is 6.24. The average molecular weight is 261 g/mol.